The Bertz CT molecular complexity index is 1750. The van der Waals surface area contributed by atoms with E-state index < -0.39 is 23.3 Å². The topological polar surface area (TPSA) is 128 Å². The Morgan fingerprint density at radius 1 is 1.04 bits per heavy atom. The predicted octanol–water partition coefficient (Wildman–Crippen LogP) is 5.26. The highest BCUT2D eigenvalue weighted by molar-refractivity contribution is 5.96. The van der Waals surface area contributed by atoms with Crippen LogP contribution in [0.2, 0.25) is 0 Å². The summed E-state index contributed by atoms with van der Waals surface area (Å²) in [6.45, 7) is 8.21. The molecule has 0 bridgehead atoms. The van der Waals surface area contributed by atoms with Crippen molar-refractivity contribution in [1.82, 2.24) is 25.0 Å². The van der Waals surface area contributed by atoms with E-state index in [0.717, 1.165) is 5.56 Å². The lowest BCUT2D eigenvalue weighted by molar-refractivity contribution is 0.0500. The average molecular weight is 635 g/mol. The molecule has 0 aliphatic heterocycles. The summed E-state index contributed by atoms with van der Waals surface area (Å²) in [6, 6.07) is 8.00. The molecule has 0 fully saturated rings. The lowest BCUT2D eigenvalue weighted by Crippen LogP contribution is -2.34. The van der Waals surface area contributed by atoms with Crippen LogP contribution in [0.4, 0.5) is 25.1 Å². The normalized spacial score (nSPS) is 11.2. The number of anilines is 2. The van der Waals surface area contributed by atoms with Gasteiger partial charge in [-0.05, 0) is 63.1 Å². The summed E-state index contributed by atoms with van der Waals surface area (Å²) in [5.41, 5.74) is 2.07. The Balaban J connectivity index is 1.38. The molecular weight excluding hydrogens is 598 g/mol. The number of halogens is 2. The molecule has 0 atom stereocenters. The van der Waals surface area contributed by atoms with Gasteiger partial charge < -0.3 is 30.2 Å². The molecule has 242 valence electrons. The molecule has 0 unspecified atom stereocenters. The lowest BCUT2D eigenvalue weighted by atomic mass is 10.0. The minimum absolute atomic E-state index is 0.0123. The molecule has 2 heterocycles. The number of carbonyl (C=O) groups excluding carboxylic acids is 2. The molecule has 2 amide bonds. The fourth-order valence-electron chi connectivity index (χ4n) is 4.46. The number of fused-ring (bicyclic) bond motifs is 1. The second-order valence-electron chi connectivity index (χ2n) is 11.0. The third-order valence-electron chi connectivity index (χ3n) is 6.50. The van der Waals surface area contributed by atoms with Crippen LogP contribution in [0.1, 0.15) is 43.6 Å². The maximum absolute atomic E-state index is 15.0. The van der Waals surface area contributed by atoms with Gasteiger partial charge in [-0.3, -0.25) is 9.20 Å². The van der Waals surface area contributed by atoms with E-state index in [4.69, 9.17) is 20.6 Å². The molecule has 0 aliphatic rings. The highest BCUT2D eigenvalue weighted by atomic mass is 19.2. The number of carbonyl (C=O) groups is 2. The number of hydrogen-bond donors (Lipinski definition) is 3. The van der Waals surface area contributed by atoms with Crippen LogP contribution in [-0.2, 0) is 15.9 Å². The van der Waals surface area contributed by atoms with Crippen molar-refractivity contribution in [2.45, 2.75) is 39.7 Å². The van der Waals surface area contributed by atoms with E-state index in [2.05, 4.69) is 31.8 Å². The average Bonchev–Trinajstić information content (AvgIpc) is 3.45. The molecule has 0 radical (unpaired) electrons. The van der Waals surface area contributed by atoms with Crippen molar-refractivity contribution in [3.05, 3.63) is 71.7 Å². The smallest absolute Gasteiger partial charge is 0.407 e. The van der Waals surface area contributed by atoms with E-state index >= 15 is 0 Å². The van der Waals surface area contributed by atoms with Gasteiger partial charge in [-0.15, -0.1) is 6.42 Å². The van der Waals surface area contributed by atoms with Gasteiger partial charge in [-0.2, -0.15) is 4.39 Å². The van der Waals surface area contributed by atoms with E-state index in [0.29, 0.717) is 34.8 Å². The Labute approximate surface area is 265 Å². The first kappa shape index (κ1) is 33.7. The van der Waals surface area contributed by atoms with Gasteiger partial charge in [0.2, 0.25) is 5.82 Å². The minimum atomic E-state index is -1.15. The van der Waals surface area contributed by atoms with Crippen LogP contribution in [0.15, 0.2) is 48.9 Å². The fourth-order valence-corrected chi connectivity index (χ4v) is 4.46. The van der Waals surface area contributed by atoms with Crippen LogP contribution in [0.3, 0.4) is 0 Å². The second-order valence-corrected chi connectivity index (χ2v) is 11.0. The van der Waals surface area contributed by atoms with Crippen molar-refractivity contribution < 1.29 is 32.6 Å². The van der Waals surface area contributed by atoms with Crippen molar-refractivity contribution in [3.63, 3.8) is 0 Å². The van der Waals surface area contributed by atoms with Gasteiger partial charge in [-0.1, -0.05) is 12.8 Å². The summed E-state index contributed by atoms with van der Waals surface area (Å²) in [4.78, 5) is 33.3. The Morgan fingerprint density at radius 3 is 2.52 bits per heavy atom. The fraction of sp³-hybridized carbons (Fsp3) is 0.333. The predicted molar refractivity (Wildman–Crippen MR) is 169 cm³/mol. The van der Waals surface area contributed by atoms with E-state index in [9.17, 15) is 18.4 Å². The first-order chi connectivity index (χ1) is 22.0. The summed E-state index contributed by atoms with van der Waals surface area (Å²) in [7, 11) is 0. The molecule has 2 aromatic heterocycles. The molecule has 0 saturated carbocycles. The Morgan fingerprint density at radius 2 is 1.80 bits per heavy atom. The number of hydrogen-bond acceptors (Lipinski definition) is 8. The van der Waals surface area contributed by atoms with Gasteiger partial charge in [0.05, 0.1) is 25.1 Å². The molecule has 11 nitrogen and oxygen atoms in total. The molecule has 0 saturated heterocycles. The summed E-state index contributed by atoms with van der Waals surface area (Å²) in [5.74, 6) is -0.172. The van der Waals surface area contributed by atoms with Crippen molar-refractivity contribution >= 4 is 29.2 Å². The number of benzene rings is 2. The number of amides is 2. The van der Waals surface area contributed by atoms with Crippen molar-refractivity contribution in [3.8, 4) is 29.4 Å². The summed E-state index contributed by atoms with van der Waals surface area (Å²) in [5, 5.41) is 8.66. The molecule has 4 aromatic rings. The van der Waals surface area contributed by atoms with Gasteiger partial charge in [0.25, 0.3) is 5.91 Å². The standard InChI is InChI=1S/C33H36F2N6O5/c1-6-16-45-26-11-10-24(27(34)28(26)35)25-20-39-30-29(36-12-15-41(25)30)40-22-8-9-23(21(7-2)19-22)31(42)37-13-17-44-18-14-38-32(43)46-33(3,4)5/h1,8-12,15,19-20H,7,13-14,16-18H2,2-5H3,(H,36,40)(H,37,42)(H,38,43). The molecule has 3 N–H and O–H groups in total. The van der Waals surface area contributed by atoms with Crippen LogP contribution < -0.4 is 20.7 Å². The van der Waals surface area contributed by atoms with Crippen LogP contribution in [0, 0.1) is 24.0 Å². The number of rotatable bonds is 13. The second kappa shape index (κ2) is 15.2. The van der Waals surface area contributed by atoms with Crippen LogP contribution in [0.5, 0.6) is 5.75 Å². The van der Waals surface area contributed by atoms with E-state index in [1.807, 2.05) is 13.0 Å². The summed E-state index contributed by atoms with van der Waals surface area (Å²) >= 11 is 0. The van der Waals surface area contributed by atoms with E-state index in [1.54, 1.807) is 43.5 Å². The highest BCUT2D eigenvalue weighted by Gasteiger charge is 2.20. The van der Waals surface area contributed by atoms with Gasteiger partial charge >= 0.3 is 6.09 Å². The lowest BCUT2D eigenvalue weighted by Gasteiger charge is -2.19. The van der Waals surface area contributed by atoms with Crippen molar-refractivity contribution in [2.75, 3.05) is 38.2 Å². The van der Waals surface area contributed by atoms with Crippen molar-refractivity contribution in [1.29, 1.82) is 0 Å². The third kappa shape index (κ3) is 8.48. The Hall–Kier alpha value is -5.22. The zero-order valence-corrected chi connectivity index (χ0v) is 26.1. The van der Waals surface area contributed by atoms with Gasteiger partial charge in [-0.25, -0.2) is 19.2 Å². The number of aromatic nitrogens is 3. The number of alkyl carbamates (subject to hydrolysis) is 1. The zero-order chi connectivity index (χ0) is 33.3. The van der Waals surface area contributed by atoms with E-state index in [1.165, 1.54) is 24.5 Å². The quantitative estimate of drug-likeness (QED) is 0.134. The number of nitrogens with zero attached hydrogens (tertiary/aromatic N) is 3. The molecule has 13 heteroatoms. The first-order valence-corrected chi connectivity index (χ1v) is 14.6. The number of aryl methyl sites for hydroxylation is 1. The maximum Gasteiger partial charge on any atom is 0.407 e. The van der Waals surface area contributed by atoms with Crippen molar-refractivity contribution in [2.24, 2.45) is 0 Å². The number of terminal acetylenes is 1. The highest BCUT2D eigenvalue weighted by Crippen LogP contribution is 2.32. The largest absolute Gasteiger partial charge is 0.478 e. The van der Waals surface area contributed by atoms with Gasteiger partial charge in [0.15, 0.2) is 23.0 Å². The minimum Gasteiger partial charge on any atom is -0.478 e. The molecule has 0 aliphatic carbocycles. The van der Waals surface area contributed by atoms with Gasteiger partial charge in [0.1, 0.15) is 12.2 Å². The SMILES string of the molecule is C#CCOc1ccc(-c2cnc3c(Nc4ccc(C(=O)NCCOCCNC(=O)OC(C)(C)C)c(CC)c4)nccn23)c(F)c1F. The Kier molecular flexibility index (Phi) is 11.1. The summed E-state index contributed by atoms with van der Waals surface area (Å²) < 4.78 is 46.9. The first-order valence-electron chi connectivity index (χ1n) is 14.6. The molecule has 0 spiro atoms. The maximum atomic E-state index is 15.0. The van der Waals surface area contributed by atoms with Crippen LogP contribution >= 0.6 is 0 Å². The molecule has 46 heavy (non-hydrogen) atoms. The van der Waals surface area contributed by atoms with Crippen LogP contribution in [-0.4, -0.2) is 64.9 Å². The number of imidazole rings is 1. The summed E-state index contributed by atoms with van der Waals surface area (Å²) in [6.07, 6.45) is 9.74. The van der Waals surface area contributed by atoms with Crippen LogP contribution in [0.25, 0.3) is 16.9 Å². The number of nitrogens with one attached hydrogen (secondary N) is 3. The number of ether oxygens (including phenoxy) is 3. The monoisotopic (exact) mass is 634 g/mol. The molecular formula is C33H36F2N6O5. The molecule has 4 rings (SSSR count). The third-order valence-corrected chi connectivity index (χ3v) is 6.50. The molecule has 2 aromatic carbocycles. The van der Waals surface area contributed by atoms with Gasteiger partial charge in [0, 0.05) is 42.3 Å². The van der Waals surface area contributed by atoms with E-state index in [-0.39, 0.29) is 50.1 Å². The zero-order valence-electron chi connectivity index (χ0n) is 26.1.